The molecule has 66 valence electrons. The molecule has 5 heteroatoms. The monoisotopic (exact) mass is 187 g/mol. The molecule has 0 atom stereocenters. The second kappa shape index (κ2) is 3.97. The van der Waals surface area contributed by atoms with Crippen molar-refractivity contribution in [2.24, 2.45) is 0 Å². The van der Waals surface area contributed by atoms with Gasteiger partial charge < -0.3 is 5.32 Å². The summed E-state index contributed by atoms with van der Waals surface area (Å²) in [5.74, 6) is 0. The van der Waals surface area contributed by atoms with E-state index >= 15 is 0 Å². The Morgan fingerprint density at radius 2 is 2.00 bits per heavy atom. The van der Waals surface area contributed by atoms with Gasteiger partial charge in [0.05, 0.1) is 0 Å². The second-order valence-electron chi connectivity index (χ2n) is 2.27. The first-order chi connectivity index (χ1) is 4.58. The second-order valence-corrected chi connectivity index (χ2v) is 2.27. The molecule has 1 aliphatic rings. The van der Waals surface area contributed by atoms with E-state index in [0.717, 1.165) is 0 Å². The van der Waals surface area contributed by atoms with Gasteiger partial charge in [-0.05, 0) is 13.0 Å². The summed E-state index contributed by atoms with van der Waals surface area (Å²) in [5, 5.41) is 2.83. The van der Waals surface area contributed by atoms with E-state index in [2.05, 4.69) is 5.32 Å². The Balaban J connectivity index is 0.000001000. The van der Waals surface area contributed by atoms with Crippen LogP contribution in [0.25, 0.3) is 0 Å². The van der Waals surface area contributed by atoms with Gasteiger partial charge in [-0.1, -0.05) is 5.57 Å². The van der Waals surface area contributed by atoms with Gasteiger partial charge in [0.2, 0.25) is 0 Å². The number of allylic oxidation sites excluding steroid dienone is 1. The lowest BCUT2D eigenvalue weighted by Crippen LogP contribution is -2.07. The minimum absolute atomic E-state index is 0. The Morgan fingerprint density at radius 1 is 1.36 bits per heavy atom. The van der Waals surface area contributed by atoms with Crippen LogP contribution in [0.15, 0.2) is 11.6 Å². The van der Waals surface area contributed by atoms with Crippen LogP contribution in [-0.2, 0) is 0 Å². The van der Waals surface area contributed by atoms with E-state index in [4.69, 9.17) is 0 Å². The SMILES string of the molecule is Cl.FC(F)(F)C=C1CCNC1. The number of halogens is 4. The first-order valence-electron chi connectivity index (χ1n) is 3.06. The third kappa shape index (κ3) is 4.27. The maximum atomic E-state index is 11.6. The van der Waals surface area contributed by atoms with Crippen LogP contribution in [0.3, 0.4) is 0 Å². The summed E-state index contributed by atoms with van der Waals surface area (Å²) in [6.07, 6.45) is -3.23. The molecule has 11 heavy (non-hydrogen) atoms. The molecule has 0 aromatic carbocycles. The molecular formula is C6H9ClF3N. The molecule has 1 rings (SSSR count). The van der Waals surface area contributed by atoms with E-state index in [1.165, 1.54) is 0 Å². The Morgan fingerprint density at radius 3 is 2.36 bits per heavy atom. The van der Waals surface area contributed by atoms with Crippen molar-refractivity contribution in [1.29, 1.82) is 0 Å². The molecule has 0 radical (unpaired) electrons. The molecule has 1 fully saturated rings. The quantitative estimate of drug-likeness (QED) is 0.571. The molecule has 1 saturated heterocycles. The average molecular weight is 188 g/mol. The zero-order valence-corrected chi connectivity index (χ0v) is 6.56. The maximum absolute atomic E-state index is 11.6. The van der Waals surface area contributed by atoms with Gasteiger partial charge in [0.1, 0.15) is 0 Å². The van der Waals surface area contributed by atoms with E-state index in [-0.39, 0.29) is 12.4 Å². The van der Waals surface area contributed by atoms with Gasteiger partial charge >= 0.3 is 6.18 Å². The molecule has 0 bridgehead atoms. The molecule has 1 nitrogen and oxygen atoms in total. The number of alkyl halides is 3. The average Bonchev–Trinajstić information content (AvgIpc) is 2.12. The van der Waals surface area contributed by atoms with Gasteiger partial charge in [-0.15, -0.1) is 12.4 Å². The van der Waals surface area contributed by atoms with Crippen molar-refractivity contribution in [2.75, 3.05) is 13.1 Å². The van der Waals surface area contributed by atoms with Crippen molar-refractivity contribution in [1.82, 2.24) is 5.32 Å². The van der Waals surface area contributed by atoms with Gasteiger partial charge in [0, 0.05) is 12.6 Å². The van der Waals surface area contributed by atoms with Gasteiger partial charge in [0.25, 0.3) is 0 Å². The molecular weight excluding hydrogens is 179 g/mol. The fourth-order valence-electron chi connectivity index (χ4n) is 0.941. The Kier molecular flexibility index (Phi) is 3.89. The highest BCUT2D eigenvalue weighted by molar-refractivity contribution is 5.85. The third-order valence-corrected chi connectivity index (χ3v) is 1.34. The Labute approximate surface area is 69.1 Å². The summed E-state index contributed by atoms with van der Waals surface area (Å²) in [4.78, 5) is 0. The minimum Gasteiger partial charge on any atom is -0.313 e. The zero-order valence-electron chi connectivity index (χ0n) is 5.74. The van der Waals surface area contributed by atoms with E-state index in [1.54, 1.807) is 0 Å². The van der Waals surface area contributed by atoms with Crippen molar-refractivity contribution in [3.05, 3.63) is 11.6 Å². The van der Waals surface area contributed by atoms with Crippen LogP contribution in [0.1, 0.15) is 6.42 Å². The fraction of sp³-hybridized carbons (Fsp3) is 0.667. The van der Waals surface area contributed by atoms with E-state index in [9.17, 15) is 13.2 Å². The molecule has 0 saturated carbocycles. The zero-order chi connectivity index (χ0) is 7.61. The topological polar surface area (TPSA) is 12.0 Å². The standard InChI is InChI=1S/C6H8F3N.ClH/c7-6(8,9)3-5-1-2-10-4-5;/h3,10H,1-2,4H2;1H. The van der Waals surface area contributed by atoms with Crippen LogP contribution < -0.4 is 5.32 Å². The highest BCUT2D eigenvalue weighted by Gasteiger charge is 2.25. The summed E-state index contributed by atoms with van der Waals surface area (Å²) < 4.78 is 34.8. The lowest BCUT2D eigenvalue weighted by molar-refractivity contribution is -0.0805. The largest absolute Gasteiger partial charge is 0.409 e. The Bertz CT molecular complexity index is 144. The van der Waals surface area contributed by atoms with E-state index < -0.39 is 6.18 Å². The lowest BCUT2D eigenvalue weighted by atomic mass is 10.2. The number of nitrogens with one attached hydrogen (secondary N) is 1. The number of hydrogen-bond acceptors (Lipinski definition) is 1. The lowest BCUT2D eigenvalue weighted by Gasteiger charge is -1.99. The first kappa shape index (κ1) is 10.8. The molecule has 1 heterocycles. The van der Waals surface area contributed by atoms with Crippen LogP contribution in [0.2, 0.25) is 0 Å². The predicted molar refractivity (Wildman–Crippen MR) is 38.9 cm³/mol. The third-order valence-electron chi connectivity index (χ3n) is 1.34. The molecule has 0 unspecified atom stereocenters. The molecule has 0 aromatic rings. The molecule has 0 aromatic heterocycles. The van der Waals surface area contributed by atoms with Crippen LogP contribution in [0.4, 0.5) is 13.2 Å². The summed E-state index contributed by atoms with van der Waals surface area (Å²) in [7, 11) is 0. The van der Waals surface area contributed by atoms with Gasteiger partial charge in [-0.2, -0.15) is 13.2 Å². The maximum Gasteiger partial charge on any atom is 0.409 e. The normalized spacial score (nSPS) is 21.9. The van der Waals surface area contributed by atoms with Gasteiger partial charge in [-0.3, -0.25) is 0 Å². The van der Waals surface area contributed by atoms with Crippen molar-refractivity contribution in [3.8, 4) is 0 Å². The van der Waals surface area contributed by atoms with Gasteiger partial charge in [0.15, 0.2) is 0 Å². The highest BCUT2D eigenvalue weighted by Crippen LogP contribution is 2.20. The molecule has 0 amide bonds. The van der Waals surface area contributed by atoms with E-state index in [1.807, 2.05) is 0 Å². The van der Waals surface area contributed by atoms with Crippen LogP contribution in [-0.4, -0.2) is 19.3 Å². The molecule has 0 spiro atoms. The van der Waals surface area contributed by atoms with Crippen LogP contribution in [0.5, 0.6) is 0 Å². The predicted octanol–water partition coefficient (Wildman–Crippen LogP) is 1.89. The smallest absolute Gasteiger partial charge is 0.313 e. The van der Waals surface area contributed by atoms with Gasteiger partial charge in [-0.25, -0.2) is 0 Å². The minimum atomic E-state index is -4.14. The fourth-order valence-corrected chi connectivity index (χ4v) is 0.941. The Hall–Kier alpha value is -0.220. The number of hydrogen-bond donors (Lipinski definition) is 1. The number of rotatable bonds is 0. The highest BCUT2D eigenvalue weighted by atomic mass is 35.5. The van der Waals surface area contributed by atoms with Crippen molar-refractivity contribution < 1.29 is 13.2 Å². The van der Waals surface area contributed by atoms with Crippen LogP contribution in [0, 0.1) is 0 Å². The summed E-state index contributed by atoms with van der Waals surface area (Å²) in [6, 6.07) is 0. The molecule has 0 aliphatic carbocycles. The van der Waals surface area contributed by atoms with Crippen LogP contribution >= 0.6 is 12.4 Å². The molecule has 1 N–H and O–H groups in total. The molecule has 1 aliphatic heterocycles. The first-order valence-corrected chi connectivity index (χ1v) is 3.06. The summed E-state index contributed by atoms with van der Waals surface area (Å²) >= 11 is 0. The van der Waals surface area contributed by atoms with E-state index in [0.29, 0.717) is 31.2 Å². The summed E-state index contributed by atoms with van der Waals surface area (Å²) in [5.41, 5.74) is 0.451. The van der Waals surface area contributed by atoms with Crippen molar-refractivity contribution in [2.45, 2.75) is 12.6 Å². The van der Waals surface area contributed by atoms with Crippen molar-refractivity contribution >= 4 is 12.4 Å². The van der Waals surface area contributed by atoms with Crippen molar-refractivity contribution in [3.63, 3.8) is 0 Å². The summed E-state index contributed by atoms with van der Waals surface area (Å²) in [6.45, 7) is 1.06.